The molecule has 2 aromatic heterocycles. The van der Waals surface area contributed by atoms with E-state index in [1.54, 1.807) is 17.5 Å². The van der Waals surface area contributed by atoms with Crippen LogP contribution in [-0.4, -0.2) is 72.4 Å². The molecule has 1 saturated heterocycles. The van der Waals surface area contributed by atoms with Gasteiger partial charge in [0.15, 0.2) is 5.13 Å². The summed E-state index contributed by atoms with van der Waals surface area (Å²) in [6.45, 7) is 4.05. The Balaban J connectivity index is 1.17. The van der Waals surface area contributed by atoms with E-state index in [9.17, 15) is 17.6 Å². The summed E-state index contributed by atoms with van der Waals surface area (Å²) in [7, 11) is -3.76. The highest BCUT2D eigenvalue weighted by Gasteiger charge is 2.38. The maximum Gasteiger partial charge on any atom is 0.265 e. The Kier molecular flexibility index (Phi) is 6.32. The Morgan fingerprint density at radius 2 is 2.00 bits per heavy atom. The normalized spacial score (nSPS) is 22.7. The first-order valence-corrected chi connectivity index (χ1v) is 13.6. The molecule has 2 aromatic rings. The number of carbonyl (C=O) groups is 1. The third kappa shape index (κ3) is 4.67. The van der Waals surface area contributed by atoms with Crippen LogP contribution in [0.3, 0.4) is 0 Å². The molecule has 12 heteroatoms. The fourth-order valence-electron chi connectivity index (χ4n) is 4.54. The van der Waals surface area contributed by atoms with E-state index in [2.05, 4.69) is 14.7 Å². The number of hydrogen-bond donors (Lipinski definition) is 1. The van der Waals surface area contributed by atoms with Crippen molar-refractivity contribution in [1.82, 2.24) is 19.8 Å². The van der Waals surface area contributed by atoms with Crippen molar-refractivity contribution in [2.24, 2.45) is 5.92 Å². The van der Waals surface area contributed by atoms with Crippen LogP contribution in [0, 0.1) is 5.92 Å². The third-order valence-corrected chi connectivity index (χ3v) is 8.61. The SMILES string of the molecule is C[C@H](C(=O)N1CCN(c2ccc(S(=O)(=O)Nc3nccs3)cn2)CC1)N1C=CC2C(F)=CC=CC21. The predicted octanol–water partition coefficient (Wildman–Crippen LogP) is 2.61. The van der Waals surface area contributed by atoms with Gasteiger partial charge in [0.2, 0.25) is 5.91 Å². The molecule has 0 bridgehead atoms. The van der Waals surface area contributed by atoms with Crippen LogP contribution in [0.5, 0.6) is 0 Å². The smallest absolute Gasteiger partial charge is 0.265 e. The van der Waals surface area contributed by atoms with Crippen molar-refractivity contribution in [2.45, 2.75) is 23.9 Å². The zero-order valence-corrected chi connectivity index (χ0v) is 20.6. The summed E-state index contributed by atoms with van der Waals surface area (Å²) in [5.41, 5.74) is 0. The van der Waals surface area contributed by atoms with Crippen LogP contribution < -0.4 is 9.62 Å². The van der Waals surface area contributed by atoms with E-state index in [0.29, 0.717) is 37.1 Å². The molecule has 4 heterocycles. The van der Waals surface area contributed by atoms with E-state index in [1.165, 1.54) is 35.9 Å². The molecule has 35 heavy (non-hydrogen) atoms. The van der Waals surface area contributed by atoms with Crippen LogP contribution in [0.25, 0.3) is 0 Å². The Labute approximate surface area is 207 Å². The van der Waals surface area contributed by atoms with Gasteiger partial charge in [-0.25, -0.2) is 22.8 Å². The lowest BCUT2D eigenvalue weighted by Gasteiger charge is -2.39. The van der Waals surface area contributed by atoms with Gasteiger partial charge < -0.3 is 14.7 Å². The molecule has 184 valence electrons. The molecule has 2 unspecified atom stereocenters. The number of allylic oxidation sites excluding steroid dienone is 2. The summed E-state index contributed by atoms with van der Waals surface area (Å²) in [4.78, 5) is 27.3. The van der Waals surface area contributed by atoms with Gasteiger partial charge in [0.1, 0.15) is 22.6 Å². The molecule has 1 N–H and O–H groups in total. The average Bonchev–Trinajstić information content (AvgIpc) is 3.54. The number of rotatable bonds is 6. The Bertz CT molecular complexity index is 1270. The molecule has 3 aliphatic rings. The number of thiazole rings is 1. The lowest BCUT2D eigenvalue weighted by Crippen LogP contribution is -2.54. The lowest BCUT2D eigenvalue weighted by molar-refractivity contribution is -0.136. The van der Waals surface area contributed by atoms with Gasteiger partial charge in [-0.1, -0.05) is 18.2 Å². The minimum atomic E-state index is -3.76. The van der Waals surface area contributed by atoms with Crippen LogP contribution in [0.15, 0.2) is 71.1 Å². The molecule has 2 aliphatic heterocycles. The number of piperazine rings is 1. The number of fused-ring (bicyclic) bond motifs is 1. The second-order valence-corrected chi connectivity index (χ2v) is 11.1. The highest BCUT2D eigenvalue weighted by molar-refractivity contribution is 7.93. The number of anilines is 2. The maximum atomic E-state index is 14.1. The van der Waals surface area contributed by atoms with Crippen molar-refractivity contribution >= 4 is 38.2 Å². The quantitative estimate of drug-likeness (QED) is 0.630. The van der Waals surface area contributed by atoms with Gasteiger partial charge >= 0.3 is 0 Å². The molecule has 5 rings (SSSR count). The monoisotopic (exact) mass is 516 g/mol. The summed E-state index contributed by atoms with van der Waals surface area (Å²) in [6.07, 6.45) is 11.6. The van der Waals surface area contributed by atoms with E-state index in [0.717, 1.165) is 0 Å². The van der Waals surface area contributed by atoms with Crippen molar-refractivity contribution in [3.8, 4) is 0 Å². The van der Waals surface area contributed by atoms with Crippen LogP contribution >= 0.6 is 11.3 Å². The molecule has 1 amide bonds. The summed E-state index contributed by atoms with van der Waals surface area (Å²) >= 11 is 1.20. The van der Waals surface area contributed by atoms with E-state index >= 15 is 0 Å². The van der Waals surface area contributed by atoms with Gasteiger partial charge in [0, 0.05) is 44.0 Å². The summed E-state index contributed by atoms with van der Waals surface area (Å²) in [6, 6.07) is 2.60. The Morgan fingerprint density at radius 1 is 1.20 bits per heavy atom. The van der Waals surface area contributed by atoms with Crippen LogP contribution in [-0.2, 0) is 14.8 Å². The number of sulfonamides is 1. The molecule has 0 radical (unpaired) electrons. The minimum Gasteiger partial charge on any atom is -0.359 e. The molecule has 1 fully saturated rings. The van der Waals surface area contributed by atoms with Gasteiger partial charge in [0.05, 0.1) is 12.0 Å². The average molecular weight is 517 g/mol. The number of nitrogens with one attached hydrogen (secondary N) is 1. The maximum absolute atomic E-state index is 14.1. The van der Waals surface area contributed by atoms with Crippen molar-refractivity contribution in [3.63, 3.8) is 0 Å². The summed E-state index contributed by atoms with van der Waals surface area (Å²) < 4.78 is 41.5. The Hall–Kier alpha value is -3.25. The topological polar surface area (TPSA) is 98.7 Å². The molecule has 9 nitrogen and oxygen atoms in total. The second kappa shape index (κ2) is 9.42. The molecular weight excluding hydrogens is 491 g/mol. The van der Waals surface area contributed by atoms with Crippen molar-refractivity contribution in [3.05, 3.63) is 66.2 Å². The minimum absolute atomic E-state index is 0.000901. The summed E-state index contributed by atoms with van der Waals surface area (Å²) in [5, 5.41) is 1.98. The highest BCUT2D eigenvalue weighted by atomic mass is 32.2. The van der Waals surface area contributed by atoms with E-state index in [1.807, 2.05) is 40.0 Å². The first-order chi connectivity index (χ1) is 16.8. The van der Waals surface area contributed by atoms with Gasteiger partial charge in [-0.15, -0.1) is 11.3 Å². The highest BCUT2D eigenvalue weighted by Crippen LogP contribution is 2.34. The fourth-order valence-corrected chi connectivity index (χ4v) is 6.27. The fraction of sp³-hybridized carbons (Fsp3) is 0.348. The van der Waals surface area contributed by atoms with Crippen LogP contribution in [0.1, 0.15) is 6.92 Å². The standard InChI is InChI=1S/C23H25FN6O3S2/c1-16(30-9-7-18-19(24)3-2-4-20(18)30)22(31)29-12-10-28(11-13-29)21-6-5-17(15-26-21)35(32,33)27-23-25-8-14-34-23/h2-9,14-16,18,20H,10-13H2,1H3,(H,25,27)/t16-,18?,20?/m1/s1. The van der Waals surface area contributed by atoms with Gasteiger partial charge in [0.25, 0.3) is 10.0 Å². The number of aromatic nitrogens is 2. The summed E-state index contributed by atoms with van der Waals surface area (Å²) in [5.74, 6) is 0.135. The van der Waals surface area contributed by atoms with Crippen LogP contribution in [0.4, 0.5) is 15.3 Å². The number of halogens is 1. The second-order valence-electron chi connectivity index (χ2n) is 8.52. The lowest BCUT2D eigenvalue weighted by atomic mass is 9.95. The number of nitrogens with zero attached hydrogens (tertiary/aromatic N) is 5. The van der Waals surface area contributed by atoms with Gasteiger partial charge in [-0.2, -0.15) is 0 Å². The molecule has 3 atom stereocenters. The van der Waals surface area contributed by atoms with Crippen LogP contribution in [0.2, 0.25) is 0 Å². The zero-order valence-electron chi connectivity index (χ0n) is 19.0. The molecule has 0 aromatic carbocycles. The molecule has 0 saturated carbocycles. The van der Waals surface area contributed by atoms with E-state index in [4.69, 9.17) is 0 Å². The largest absolute Gasteiger partial charge is 0.359 e. The van der Waals surface area contributed by atoms with Gasteiger partial charge in [-0.3, -0.25) is 9.52 Å². The Morgan fingerprint density at radius 3 is 2.69 bits per heavy atom. The van der Waals surface area contributed by atoms with Crippen molar-refractivity contribution in [2.75, 3.05) is 35.8 Å². The number of carbonyl (C=O) groups excluding carboxylic acids is 1. The predicted molar refractivity (Wildman–Crippen MR) is 132 cm³/mol. The number of pyridine rings is 1. The number of amides is 1. The van der Waals surface area contributed by atoms with Gasteiger partial charge in [-0.05, 0) is 31.3 Å². The van der Waals surface area contributed by atoms with E-state index in [-0.39, 0.29) is 28.6 Å². The van der Waals surface area contributed by atoms with Crippen molar-refractivity contribution in [1.29, 1.82) is 0 Å². The third-order valence-electron chi connectivity index (χ3n) is 6.46. The first-order valence-electron chi connectivity index (χ1n) is 11.3. The zero-order chi connectivity index (χ0) is 24.6. The molecular formula is C23H25FN6O3S2. The molecule has 0 spiro atoms. The van der Waals surface area contributed by atoms with Crippen molar-refractivity contribution < 1.29 is 17.6 Å². The first kappa shape index (κ1) is 23.5. The molecule has 1 aliphatic carbocycles. The number of hydrogen-bond acceptors (Lipinski definition) is 8. The van der Waals surface area contributed by atoms with E-state index < -0.39 is 16.1 Å².